The average molecular weight is 551 g/mol. The Morgan fingerprint density at radius 1 is 1.43 bits per heavy atom. The number of piperidine rings is 1. The van der Waals surface area contributed by atoms with Gasteiger partial charge in [0.1, 0.15) is 0 Å². The fraction of sp³-hybridized carbons (Fsp3) is 0.714. The van der Waals surface area contributed by atoms with E-state index in [-0.39, 0.29) is 48.0 Å². The highest BCUT2D eigenvalue weighted by Gasteiger charge is 2.30. The summed E-state index contributed by atoms with van der Waals surface area (Å²) in [5, 5.41) is 5.71. The van der Waals surface area contributed by atoms with Crippen LogP contribution in [-0.2, 0) is 14.3 Å². The second-order valence-electron chi connectivity index (χ2n) is 7.67. The molecule has 0 aliphatic carbocycles. The van der Waals surface area contributed by atoms with Gasteiger partial charge in [0, 0.05) is 44.6 Å². The molecule has 2 saturated heterocycles. The lowest BCUT2D eigenvalue weighted by atomic mass is 9.98. The zero-order valence-corrected chi connectivity index (χ0v) is 21.4. The van der Waals surface area contributed by atoms with Gasteiger partial charge in [0.25, 0.3) is 0 Å². The highest BCUT2D eigenvalue weighted by Crippen LogP contribution is 2.26. The Labute approximate surface area is 201 Å². The third-order valence-electron chi connectivity index (χ3n) is 5.59. The van der Waals surface area contributed by atoms with E-state index in [2.05, 4.69) is 44.5 Å². The summed E-state index contributed by atoms with van der Waals surface area (Å²) >= 11 is 1.79. The zero-order valence-electron chi connectivity index (χ0n) is 18.2. The summed E-state index contributed by atoms with van der Waals surface area (Å²) in [5.41, 5.74) is 0. The minimum absolute atomic E-state index is 0. The van der Waals surface area contributed by atoms with Gasteiger partial charge in [-0.1, -0.05) is 6.07 Å². The molecule has 1 aromatic heterocycles. The summed E-state index contributed by atoms with van der Waals surface area (Å²) in [7, 11) is 1.81. The van der Waals surface area contributed by atoms with E-state index in [4.69, 9.17) is 9.47 Å². The molecule has 2 fully saturated rings. The van der Waals surface area contributed by atoms with E-state index in [1.807, 2.05) is 14.0 Å². The molecular formula is C21H35IN4O3S. The third kappa shape index (κ3) is 6.80. The van der Waals surface area contributed by atoms with Crippen LogP contribution in [0.1, 0.15) is 37.6 Å². The lowest BCUT2D eigenvalue weighted by Crippen LogP contribution is -2.51. The van der Waals surface area contributed by atoms with Crippen LogP contribution in [0.15, 0.2) is 22.5 Å². The van der Waals surface area contributed by atoms with Crippen molar-refractivity contribution in [3.8, 4) is 0 Å². The first kappa shape index (κ1) is 25.4. The first-order valence-corrected chi connectivity index (χ1v) is 11.5. The molecule has 0 amide bonds. The lowest BCUT2D eigenvalue weighted by molar-refractivity contribution is -0.149. The van der Waals surface area contributed by atoms with Crippen LogP contribution in [0.3, 0.4) is 0 Å². The number of halogens is 1. The van der Waals surface area contributed by atoms with Gasteiger partial charge in [0.2, 0.25) is 0 Å². The van der Waals surface area contributed by atoms with Crippen LogP contribution in [-0.4, -0.2) is 80.8 Å². The molecular weight excluding hydrogens is 515 g/mol. The van der Waals surface area contributed by atoms with Crippen LogP contribution in [0.4, 0.5) is 0 Å². The van der Waals surface area contributed by atoms with Gasteiger partial charge in [-0.25, -0.2) is 0 Å². The van der Waals surface area contributed by atoms with Crippen LogP contribution >= 0.6 is 35.3 Å². The van der Waals surface area contributed by atoms with Crippen molar-refractivity contribution in [1.82, 2.24) is 15.1 Å². The molecule has 0 radical (unpaired) electrons. The van der Waals surface area contributed by atoms with Gasteiger partial charge in [-0.05, 0) is 38.1 Å². The Balaban J connectivity index is 0.00000320. The first-order valence-electron chi connectivity index (χ1n) is 10.6. The molecule has 2 aliphatic heterocycles. The molecule has 30 heavy (non-hydrogen) atoms. The number of rotatable bonds is 6. The standard InChI is InChI=1S/C21H34N4O3S.HI/c1-4-27-20(26)17-7-5-9-25(15-17)21(22-3)23-13-18(19-8-6-12-29-19)24-10-11-28-16(2)14-24;/h6,8,12,16-18H,4-5,7,9-11,13-15H2,1-3H3,(H,22,23);1H/t16?,17-,18?;/m1./s1. The van der Waals surface area contributed by atoms with Gasteiger partial charge in [-0.3, -0.25) is 14.7 Å². The number of ether oxygens (including phenoxy) is 2. The number of nitrogens with one attached hydrogen (secondary N) is 1. The molecule has 2 aliphatic rings. The average Bonchev–Trinajstić information content (AvgIpc) is 3.26. The largest absolute Gasteiger partial charge is 0.466 e. The van der Waals surface area contributed by atoms with Crippen LogP contribution in [0, 0.1) is 5.92 Å². The molecule has 0 saturated carbocycles. The lowest BCUT2D eigenvalue weighted by Gasteiger charge is -2.38. The third-order valence-corrected chi connectivity index (χ3v) is 6.56. The Hall–Kier alpha value is -0.910. The molecule has 2 unspecified atom stereocenters. The molecule has 170 valence electrons. The molecule has 3 atom stereocenters. The second kappa shape index (κ2) is 12.8. The SMILES string of the molecule is CCOC(=O)[C@@H]1CCCN(C(=NC)NCC(c2cccs2)N2CCOC(C)C2)C1.I. The Morgan fingerprint density at radius 3 is 2.93 bits per heavy atom. The van der Waals surface area contributed by atoms with Gasteiger partial charge >= 0.3 is 5.97 Å². The fourth-order valence-electron chi connectivity index (χ4n) is 4.16. The van der Waals surface area contributed by atoms with E-state index < -0.39 is 0 Å². The predicted molar refractivity (Wildman–Crippen MR) is 132 cm³/mol. The van der Waals surface area contributed by atoms with Crippen LogP contribution in [0.2, 0.25) is 0 Å². The summed E-state index contributed by atoms with van der Waals surface area (Å²) < 4.78 is 11.0. The zero-order chi connectivity index (χ0) is 20.6. The van der Waals surface area contributed by atoms with Gasteiger partial charge in [0.05, 0.1) is 31.3 Å². The predicted octanol–water partition coefficient (Wildman–Crippen LogP) is 2.98. The van der Waals surface area contributed by atoms with Gasteiger partial charge in [-0.15, -0.1) is 35.3 Å². The normalized spacial score (nSPS) is 24.1. The maximum atomic E-state index is 12.2. The van der Waals surface area contributed by atoms with Crippen molar-refractivity contribution in [3.05, 3.63) is 22.4 Å². The Bertz CT molecular complexity index is 673. The number of esters is 1. The van der Waals surface area contributed by atoms with E-state index >= 15 is 0 Å². The molecule has 3 rings (SSSR count). The molecule has 1 N–H and O–H groups in total. The van der Waals surface area contributed by atoms with Crippen molar-refractivity contribution in [2.75, 3.05) is 53.0 Å². The van der Waals surface area contributed by atoms with E-state index in [0.717, 1.165) is 51.6 Å². The summed E-state index contributed by atoms with van der Waals surface area (Å²) in [5.74, 6) is 0.698. The maximum absolute atomic E-state index is 12.2. The number of guanidine groups is 1. The number of carbonyl (C=O) groups excluding carboxylic acids is 1. The molecule has 0 bridgehead atoms. The Morgan fingerprint density at radius 2 is 2.27 bits per heavy atom. The molecule has 9 heteroatoms. The smallest absolute Gasteiger partial charge is 0.310 e. The van der Waals surface area contributed by atoms with Crippen molar-refractivity contribution in [2.24, 2.45) is 10.9 Å². The van der Waals surface area contributed by atoms with Crippen molar-refractivity contribution in [1.29, 1.82) is 0 Å². The van der Waals surface area contributed by atoms with E-state index in [1.165, 1.54) is 4.88 Å². The van der Waals surface area contributed by atoms with Crippen LogP contribution < -0.4 is 5.32 Å². The van der Waals surface area contributed by atoms with Crippen molar-refractivity contribution in [3.63, 3.8) is 0 Å². The molecule has 3 heterocycles. The maximum Gasteiger partial charge on any atom is 0.310 e. The summed E-state index contributed by atoms with van der Waals surface area (Å²) in [6.45, 7) is 9.40. The number of hydrogen-bond acceptors (Lipinski definition) is 6. The number of nitrogens with zero attached hydrogens (tertiary/aromatic N) is 3. The molecule has 0 spiro atoms. The van der Waals surface area contributed by atoms with E-state index in [1.54, 1.807) is 11.3 Å². The first-order chi connectivity index (χ1) is 14.1. The second-order valence-corrected chi connectivity index (χ2v) is 8.65. The monoisotopic (exact) mass is 550 g/mol. The minimum atomic E-state index is -0.0913. The van der Waals surface area contributed by atoms with Crippen LogP contribution in [0.5, 0.6) is 0 Å². The number of hydrogen-bond donors (Lipinski definition) is 1. The van der Waals surface area contributed by atoms with Gasteiger partial charge in [0.15, 0.2) is 5.96 Å². The Kier molecular flexibility index (Phi) is 10.8. The quantitative estimate of drug-likeness (QED) is 0.254. The summed E-state index contributed by atoms with van der Waals surface area (Å²) in [6, 6.07) is 4.60. The van der Waals surface area contributed by atoms with E-state index in [9.17, 15) is 4.79 Å². The van der Waals surface area contributed by atoms with Gasteiger partial charge < -0.3 is 19.7 Å². The number of likely N-dealkylation sites (tertiary alicyclic amines) is 1. The highest BCUT2D eigenvalue weighted by atomic mass is 127. The molecule has 1 aromatic rings. The number of thiophene rings is 1. The number of carbonyl (C=O) groups is 1. The van der Waals surface area contributed by atoms with Crippen molar-refractivity contribution >= 4 is 47.2 Å². The van der Waals surface area contributed by atoms with Crippen molar-refractivity contribution < 1.29 is 14.3 Å². The highest BCUT2D eigenvalue weighted by molar-refractivity contribution is 14.0. The topological polar surface area (TPSA) is 66.4 Å². The number of morpholine rings is 1. The van der Waals surface area contributed by atoms with Crippen LogP contribution in [0.25, 0.3) is 0 Å². The fourth-order valence-corrected chi connectivity index (χ4v) is 5.02. The minimum Gasteiger partial charge on any atom is -0.466 e. The van der Waals surface area contributed by atoms with Crippen molar-refractivity contribution in [2.45, 2.75) is 38.8 Å². The van der Waals surface area contributed by atoms with Gasteiger partial charge in [-0.2, -0.15) is 0 Å². The molecule has 7 nitrogen and oxygen atoms in total. The van der Waals surface area contributed by atoms with E-state index in [0.29, 0.717) is 13.2 Å². The summed E-state index contributed by atoms with van der Waals surface area (Å²) in [6.07, 6.45) is 2.10. The summed E-state index contributed by atoms with van der Waals surface area (Å²) in [4.78, 5) is 22.7. The number of aliphatic imine (C=N–C) groups is 1. The molecule has 0 aromatic carbocycles.